The van der Waals surface area contributed by atoms with E-state index in [4.69, 9.17) is 10.2 Å². The van der Waals surface area contributed by atoms with Crippen LogP contribution in [0, 0.1) is 0 Å². The molecule has 0 saturated heterocycles. The summed E-state index contributed by atoms with van der Waals surface area (Å²) >= 11 is 1.79. The van der Waals surface area contributed by atoms with E-state index in [9.17, 15) is 9.59 Å². The van der Waals surface area contributed by atoms with Crippen LogP contribution in [0.3, 0.4) is 0 Å². The van der Waals surface area contributed by atoms with Gasteiger partial charge < -0.3 is 0 Å². The molecule has 0 spiro atoms. The summed E-state index contributed by atoms with van der Waals surface area (Å²) in [4.78, 5) is 20.8. The van der Waals surface area contributed by atoms with Crippen molar-refractivity contribution < 1.29 is 19.8 Å². The maximum atomic E-state index is 10.4. The van der Waals surface area contributed by atoms with E-state index in [1.807, 2.05) is 0 Å². The van der Waals surface area contributed by atoms with Crippen LogP contribution in [-0.2, 0) is 9.59 Å². The Kier molecular flexibility index (Phi) is 21.3. The summed E-state index contributed by atoms with van der Waals surface area (Å²) in [6, 6.07) is 0. The van der Waals surface area contributed by atoms with Gasteiger partial charge in [0.1, 0.15) is 0 Å². The number of rotatable bonds is 21. The normalized spacial score (nSPS) is 10.9. The molecule has 0 aliphatic rings. The number of aliphatic carboxylic acids is 2. The molecule has 0 aromatic heterocycles. The van der Waals surface area contributed by atoms with Crippen LogP contribution in [0.25, 0.3) is 0 Å². The first-order valence-corrected chi connectivity index (χ1v) is 17.1. The molecule has 0 aliphatic carbocycles. The topological polar surface area (TPSA) is 74.6 Å². The molecular formula is C20H38O4Se2. The van der Waals surface area contributed by atoms with E-state index >= 15 is 0 Å². The number of carboxylic acid groups (broad SMARTS) is 2. The van der Waals surface area contributed by atoms with Crippen molar-refractivity contribution in [2.24, 2.45) is 0 Å². The van der Waals surface area contributed by atoms with Crippen molar-refractivity contribution in [1.29, 1.82) is 0 Å². The molecule has 0 radical (unpaired) electrons. The fourth-order valence-corrected chi connectivity index (χ4v) is 9.74. The Balaban J connectivity index is 3.01. The molecule has 0 unspecified atom stereocenters. The zero-order valence-corrected chi connectivity index (χ0v) is 19.7. The van der Waals surface area contributed by atoms with Crippen molar-refractivity contribution in [2.45, 2.75) is 113 Å². The van der Waals surface area contributed by atoms with Gasteiger partial charge in [-0.2, -0.15) is 0 Å². The predicted molar refractivity (Wildman–Crippen MR) is 110 cm³/mol. The second-order valence-electron chi connectivity index (χ2n) is 6.88. The Morgan fingerprint density at radius 2 is 0.731 bits per heavy atom. The SMILES string of the molecule is O=C(O)CCCCCCCCC[Se][Se]CCCCCCCCCC(=O)O. The number of carboxylic acids is 2. The molecule has 0 heterocycles. The Morgan fingerprint density at radius 1 is 0.462 bits per heavy atom. The van der Waals surface area contributed by atoms with Crippen molar-refractivity contribution in [2.75, 3.05) is 0 Å². The van der Waals surface area contributed by atoms with Crippen molar-refractivity contribution in [3.05, 3.63) is 0 Å². The van der Waals surface area contributed by atoms with Crippen LogP contribution in [0.15, 0.2) is 0 Å². The molecule has 26 heavy (non-hydrogen) atoms. The maximum absolute atomic E-state index is 10.4. The Bertz CT molecular complexity index is 306. The van der Waals surface area contributed by atoms with Gasteiger partial charge >= 0.3 is 171 Å². The summed E-state index contributed by atoms with van der Waals surface area (Å²) in [5.74, 6) is -1.33. The monoisotopic (exact) mass is 502 g/mol. The summed E-state index contributed by atoms with van der Waals surface area (Å²) in [6.45, 7) is 0. The fraction of sp³-hybridized carbons (Fsp3) is 0.900. The molecule has 0 aromatic rings. The first kappa shape index (κ1) is 26.0. The van der Waals surface area contributed by atoms with Gasteiger partial charge in [0.2, 0.25) is 0 Å². The Hall–Kier alpha value is -0.0210. The molecule has 154 valence electrons. The Morgan fingerprint density at radius 3 is 1.04 bits per heavy atom. The van der Waals surface area contributed by atoms with E-state index < -0.39 is 11.9 Å². The molecule has 0 rings (SSSR count). The van der Waals surface area contributed by atoms with Gasteiger partial charge in [0.15, 0.2) is 0 Å². The first-order chi connectivity index (χ1) is 12.6. The van der Waals surface area contributed by atoms with Crippen LogP contribution in [0.4, 0.5) is 0 Å². The van der Waals surface area contributed by atoms with Gasteiger partial charge in [-0.15, -0.1) is 0 Å². The zero-order valence-electron chi connectivity index (χ0n) is 16.3. The van der Waals surface area contributed by atoms with Crippen LogP contribution < -0.4 is 0 Å². The standard InChI is InChI=1S/C20H38O4Se2/c21-19(22)15-11-7-3-1-5-9-13-17-25-26-18-14-10-6-2-4-8-12-16-20(23)24/h1-18H2,(H,21,22)(H,23,24). The van der Waals surface area contributed by atoms with E-state index in [0.29, 0.717) is 12.8 Å². The fourth-order valence-electron chi connectivity index (χ4n) is 2.76. The van der Waals surface area contributed by atoms with Crippen LogP contribution in [0.1, 0.15) is 103 Å². The van der Waals surface area contributed by atoms with Crippen molar-refractivity contribution in [3.63, 3.8) is 0 Å². The van der Waals surface area contributed by atoms with Gasteiger partial charge in [-0.1, -0.05) is 0 Å². The van der Waals surface area contributed by atoms with Crippen LogP contribution >= 0.6 is 0 Å². The van der Waals surface area contributed by atoms with Crippen LogP contribution in [0.2, 0.25) is 10.6 Å². The number of carbonyl (C=O) groups is 2. The van der Waals surface area contributed by atoms with Gasteiger partial charge in [-0.3, -0.25) is 0 Å². The number of hydrogen-bond donors (Lipinski definition) is 2. The van der Waals surface area contributed by atoms with Crippen molar-refractivity contribution in [3.8, 4) is 0 Å². The Labute approximate surface area is 171 Å². The van der Waals surface area contributed by atoms with Crippen molar-refractivity contribution >= 4 is 38.2 Å². The zero-order chi connectivity index (χ0) is 19.3. The summed E-state index contributed by atoms with van der Waals surface area (Å²) in [6.07, 6.45) is 17.6. The minimum atomic E-state index is -0.665. The van der Waals surface area contributed by atoms with Crippen LogP contribution in [0.5, 0.6) is 0 Å². The molecule has 0 saturated carbocycles. The average Bonchev–Trinajstić information content (AvgIpc) is 2.59. The summed E-state index contributed by atoms with van der Waals surface area (Å²) in [7, 11) is 0. The number of hydrogen-bond acceptors (Lipinski definition) is 2. The van der Waals surface area contributed by atoms with E-state index in [-0.39, 0.29) is 0 Å². The minimum absolute atomic E-state index is 0.331. The third-order valence-corrected chi connectivity index (χ3v) is 12.0. The van der Waals surface area contributed by atoms with E-state index in [1.54, 1.807) is 0 Å². The van der Waals surface area contributed by atoms with E-state index in [2.05, 4.69) is 0 Å². The van der Waals surface area contributed by atoms with Gasteiger partial charge in [0.25, 0.3) is 0 Å². The number of unbranched alkanes of at least 4 members (excludes halogenated alkanes) is 12. The van der Waals surface area contributed by atoms with Gasteiger partial charge in [-0.25, -0.2) is 0 Å². The van der Waals surface area contributed by atoms with Crippen molar-refractivity contribution in [1.82, 2.24) is 0 Å². The molecule has 2 N–H and O–H groups in total. The molecule has 0 amide bonds. The van der Waals surface area contributed by atoms with Gasteiger partial charge in [-0.05, 0) is 0 Å². The van der Waals surface area contributed by atoms with E-state index in [1.165, 1.54) is 74.8 Å². The third kappa shape index (κ3) is 24.0. The molecule has 6 heteroatoms. The predicted octanol–water partition coefficient (Wildman–Crippen LogP) is 5.56. The second kappa shape index (κ2) is 21.3. The van der Waals surface area contributed by atoms with E-state index in [0.717, 1.165) is 51.9 Å². The second-order valence-corrected chi connectivity index (χ2v) is 14.7. The third-order valence-electron chi connectivity index (χ3n) is 4.32. The molecule has 0 bridgehead atoms. The quantitative estimate of drug-likeness (QED) is 0.160. The molecule has 0 atom stereocenters. The average molecular weight is 500 g/mol. The van der Waals surface area contributed by atoms with Gasteiger partial charge in [0.05, 0.1) is 0 Å². The summed E-state index contributed by atoms with van der Waals surface area (Å²) < 4.78 is 0. The van der Waals surface area contributed by atoms with Crippen LogP contribution in [-0.4, -0.2) is 48.4 Å². The summed E-state index contributed by atoms with van der Waals surface area (Å²) in [5.41, 5.74) is 0. The van der Waals surface area contributed by atoms with Gasteiger partial charge in [0, 0.05) is 0 Å². The molecule has 4 nitrogen and oxygen atoms in total. The molecule has 0 aromatic carbocycles. The first-order valence-electron chi connectivity index (χ1n) is 10.3. The summed E-state index contributed by atoms with van der Waals surface area (Å²) in [5, 5.41) is 20.0. The molecular weight excluding hydrogens is 462 g/mol. The molecule has 0 aliphatic heterocycles. The molecule has 0 fully saturated rings.